The van der Waals surface area contributed by atoms with Gasteiger partial charge in [-0.1, -0.05) is 18.9 Å². The minimum atomic E-state index is 1.19. The van der Waals surface area contributed by atoms with E-state index in [-0.39, 0.29) is 0 Å². The van der Waals surface area contributed by atoms with Crippen LogP contribution in [0.25, 0.3) is 0 Å². The predicted octanol–water partition coefficient (Wildman–Crippen LogP) is 3.10. The number of hydrogen-bond acceptors (Lipinski definition) is 0. The fourth-order valence-electron chi connectivity index (χ4n) is 1.43. The van der Waals surface area contributed by atoms with Crippen molar-refractivity contribution < 1.29 is 0 Å². The summed E-state index contributed by atoms with van der Waals surface area (Å²) >= 11 is 0. The van der Waals surface area contributed by atoms with Crippen LogP contribution in [-0.4, -0.2) is 0 Å². The van der Waals surface area contributed by atoms with Crippen LogP contribution in [-0.2, 0) is 0 Å². The Morgan fingerprint density at radius 2 is 2.00 bits per heavy atom. The minimum absolute atomic E-state index is 1.19. The smallest absolute Gasteiger partial charge is 0.0238 e. The first-order valence-electron chi connectivity index (χ1n) is 3.88. The molecular weight excluding hydrogens is 108 g/mol. The summed E-state index contributed by atoms with van der Waals surface area (Å²) in [5, 5.41) is 0. The van der Waals surface area contributed by atoms with Crippen LogP contribution >= 0.6 is 0 Å². The van der Waals surface area contributed by atoms with Crippen molar-refractivity contribution in [3.05, 3.63) is 18.6 Å². The summed E-state index contributed by atoms with van der Waals surface area (Å²) in [6.45, 7) is 3.71. The molecule has 0 aromatic rings. The highest BCUT2D eigenvalue weighted by Gasteiger charge is 2.13. The molecule has 0 heteroatoms. The second-order valence-corrected chi connectivity index (χ2v) is 2.78. The Morgan fingerprint density at radius 1 is 1.33 bits per heavy atom. The standard InChI is InChI=1S/C9H15/c1-2-3-6-9-7-4-5-8-9/h2H,1,3-8H2. The summed E-state index contributed by atoms with van der Waals surface area (Å²) in [5.41, 5.74) is 0. The summed E-state index contributed by atoms with van der Waals surface area (Å²) in [6, 6.07) is 0. The lowest BCUT2D eigenvalue weighted by atomic mass is 10.0. The Balaban J connectivity index is 2.04. The van der Waals surface area contributed by atoms with Gasteiger partial charge in [-0.15, -0.1) is 6.58 Å². The van der Waals surface area contributed by atoms with Crippen molar-refractivity contribution in [2.75, 3.05) is 0 Å². The lowest BCUT2D eigenvalue weighted by molar-refractivity contribution is 0.770. The van der Waals surface area contributed by atoms with E-state index >= 15 is 0 Å². The third kappa shape index (κ3) is 2.21. The van der Waals surface area contributed by atoms with Crippen molar-refractivity contribution in [1.82, 2.24) is 0 Å². The molecule has 0 aromatic heterocycles. The lowest BCUT2D eigenvalue weighted by Crippen LogP contribution is -1.87. The van der Waals surface area contributed by atoms with Crippen molar-refractivity contribution >= 4 is 0 Å². The van der Waals surface area contributed by atoms with E-state index in [0.29, 0.717) is 0 Å². The van der Waals surface area contributed by atoms with Crippen LogP contribution in [0.2, 0.25) is 0 Å². The first-order valence-corrected chi connectivity index (χ1v) is 3.88. The van der Waals surface area contributed by atoms with E-state index in [4.69, 9.17) is 0 Å². The molecule has 0 N–H and O–H groups in total. The summed E-state index contributed by atoms with van der Waals surface area (Å²) in [6.07, 6.45) is 10.2. The predicted molar refractivity (Wildman–Crippen MR) is 41.1 cm³/mol. The van der Waals surface area contributed by atoms with Crippen molar-refractivity contribution in [1.29, 1.82) is 0 Å². The average Bonchev–Trinajstić information content (AvgIpc) is 2.34. The van der Waals surface area contributed by atoms with Crippen molar-refractivity contribution in [3.8, 4) is 0 Å². The SMILES string of the molecule is C=CCC[C]1CCCC1. The Labute approximate surface area is 58.0 Å². The maximum Gasteiger partial charge on any atom is -0.0238 e. The Morgan fingerprint density at radius 3 is 2.56 bits per heavy atom. The molecule has 1 rings (SSSR count). The first-order chi connectivity index (χ1) is 4.43. The topological polar surface area (TPSA) is 0 Å². The molecule has 0 bridgehead atoms. The van der Waals surface area contributed by atoms with Gasteiger partial charge in [-0.3, -0.25) is 0 Å². The van der Waals surface area contributed by atoms with Gasteiger partial charge in [-0.25, -0.2) is 0 Å². The van der Waals surface area contributed by atoms with E-state index in [1.807, 2.05) is 6.08 Å². The second-order valence-electron chi connectivity index (χ2n) is 2.78. The van der Waals surface area contributed by atoms with Gasteiger partial charge in [0, 0.05) is 0 Å². The zero-order valence-corrected chi connectivity index (χ0v) is 6.03. The molecule has 9 heavy (non-hydrogen) atoms. The highest BCUT2D eigenvalue weighted by Crippen LogP contribution is 2.30. The van der Waals surface area contributed by atoms with Crippen LogP contribution in [0.4, 0.5) is 0 Å². The van der Waals surface area contributed by atoms with E-state index in [0.717, 1.165) is 0 Å². The van der Waals surface area contributed by atoms with Gasteiger partial charge < -0.3 is 0 Å². The molecule has 0 unspecified atom stereocenters. The molecule has 51 valence electrons. The van der Waals surface area contributed by atoms with E-state index in [1.54, 1.807) is 5.92 Å². The molecule has 1 fully saturated rings. The molecule has 1 aliphatic rings. The third-order valence-electron chi connectivity index (χ3n) is 2.01. The maximum atomic E-state index is 3.71. The molecule has 0 nitrogen and oxygen atoms in total. The van der Waals surface area contributed by atoms with Crippen LogP contribution in [0.15, 0.2) is 12.7 Å². The van der Waals surface area contributed by atoms with Crippen LogP contribution in [0.5, 0.6) is 0 Å². The highest BCUT2D eigenvalue weighted by molar-refractivity contribution is 4.95. The van der Waals surface area contributed by atoms with Gasteiger partial charge in [0.2, 0.25) is 0 Å². The van der Waals surface area contributed by atoms with Crippen molar-refractivity contribution in [2.45, 2.75) is 38.5 Å². The zero-order chi connectivity index (χ0) is 6.53. The zero-order valence-electron chi connectivity index (χ0n) is 6.03. The summed E-state index contributed by atoms with van der Waals surface area (Å²) < 4.78 is 0. The van der Waals surface area contributed by atoms with Gasteiger partial charge in [0.15, 0.2) is 0 Å². The Bertz CT molecular complexity index is 78.0. The van der Waals surface area contributed by atoms with Gasteiger partial charge in [0.25, 0.3) is 0 Å². The summed E-state index contributed by atoms with van der Waals surface area (Å²) in [4.78, 5) is 0. The average molecular weight is 123 g/mol. The molecule has 0 spiro atoms. The maximum absolute atomic E-state index is 3.71. The molecule has 1 aliphatic carbocycles. The second kappa shape index (κ2) is 3.71. The summed E-state index contributed by atoms with van der Waals surface area (Å²) in [5.74, 6) is 1.77. The number of hydrogen-bond donors (Lipinski definition) is 0. The molecule has 1 radical (unpaired) electrons. The van der Waals surface area contributed by atoms with Gasteiger partial charge in [-0.2, -0.15) is 0 Å². The third-order valence-corrected chi connectivity index (χ3v) is 2.01. The number of rotatable bonds is 3. The quantitative estimate of drug-likeness (QED) is 0.506. The molecule has 0 heterocycles. The van der Waals surface area contributed by atoms with Gasteiger partial charge in [0.1, 0.15) is 0 Å². The Kier molecular flexibility index (Phi) is 2.82. The van der Waals surface area contributed by atoms with Crippen LogP contribution in [0.3, 0.4) is 0 Å². The highest BCUT2D eigenvalue weighted by atomic mass is 14.2. The van der Waals surface area contributed by atoms with Crippen molar-refractivity contribution in [2.24, 2.45) is 0 Å². The van der Waals surface area contributed by atoms with E-state index in [2.05, 4.69) is 6.58 Å². The molecular formula is C9H15. The monoisotopic (exact) mass is 123 g/mol. The Hall–Kier alpha value is -0.260. The van der Waals surface area contributed by atoms with Crippen LogP contribution in [0, 0.1) is 5.92 Å². The molecule has 0 amide bonds. The summed E-state index contributed by atoms with van der Waals surface area (Å²) in [7, 11) is 0. The van der Waals surface area contributed by atoms with Gasteiger partial charge in [0.05, 0.1) is 0 Å². The molecule has 0 saturated heterocycles. The fourth-order valence-corrected chi connectivity index (χ4v) is 1.43. The van der Waals surface area contributed by atoms with Gasteiger partial charge in [-0.05, 0) is 31.6 Å². The lowest BCUT2D eigenvalue weighted by Gasteiger charge is -2.03. The van der Waals surface area contributed by atoms with Gasteiger partial charge >= 0.3 is 0 Å². The molecule has 1 saturated carbocycles. The fraction of sp³-hybridized carbons (Fsp3) is 0.667. The first kappa shape index (κ1) is 6.85. The van der Waals surface area contributed by atoms with E-state index in [9.17, 15) is 0 Å². The minimum Gasteiger partial charge on any atom is -0.103 e. The normalized spacial score (nSPS) is 20.4. The molecule has 0 aliphatic heterocycles. The van der Waals surface area contributed by atoms with Crippen LogP contribution < -0.4 is 0 Å². The molecule has 0 atom stereocenters. The number of allylic oxidation sites excluding steroid dienone is 1. The largest absolute Gasteiger partial charge is 0.103 e. The van der Waals surface area contributed by atoms with E-state index in [1.165, 1.54) is 38.5 Å². The van der Waals surface area contributed by atoms with Crippen molar-refractivity contribution in [3.63, 3.8) is 0 Å². The molecule has 0 aromatic carbocycles. The van der Waals surface area contributed by atoms with E-state index < -0.39 is 0 Å². The van der Waals surface area contributed by atoms with Crippen LogP contribution in [0.1, 0.15) is 38.5 Å².